The van der Waals surface area contributed by atoms with E-state index in [0.717, 1.165) is 12.2 Å². The Balaban J connectivity index is 2.03. The number of morpholine rings is 1. The second-order valence-electron chi connectivity index (χ2n) is 6.29. The van der Waals surface area contributed by atoms with Crippen LogP contribution in [0, 0.1) is 11.3 Å². The normalized spacial score (nSPS) is 24.6. The van der Waals surface area contributed by atoms with E-state index in [1.807, 2.05) is 4.90 Å². The molecule has 2 rings (SSSR count). The number of nitriles is 1. The van der Waals surface area contributed by atoms with Gasteiger partial charge in [-0.3, -0.25) is 9.69 Å². The molecule has 6 nitrogen and oxygen atoms in total. The molecular weight excluding hydrogens is 339 g/mol. The van der Waals surface area contributed by atoms with E-state index >= 15 is 0 Å². The summed E-state index contributed by atoms with van der Waals surface area (Å²) in [4.78, 5) is 14.2. The van der Waals surface area contributed by atoms with Crippen LogP contribution in [0.1, 0.15) is 13.3 Å². The SMILES string of the molecule is CC(O)(CN1CCOCC1)C(=O)NC1C=C(C(F)(F)F)C(C#N)=CC1. The quantitative estimate of drug-likeness (QED) is 0.779. The van der Waals surface area contributed by atoms with Crippen LogP contribution in [0.5, 0.6) is 0 Å². The molecule has 1 heterocycles. The number of alkyl halides is 3. The maximum absolute atomic E-state index is 13.0. The lowest BCUT2D eigenvalue weighted by atomic mass is 9.94. The minimum Gasteiger partial charge on any atom is -0.379 e. The smallest absolute Gasteiger partial charge is 0.379 e. The van der Waals surface area contributed by atoms with E-state index in [-0.39, 0.29) is 13.0 Å². The standard InChI is InChI=1S/C16H20F3N3O3/c1-15(24,10-22-4-6-25-7-5-22)14(23)21-12-3-2-11(9-20)13(8-12)16(17,18)19/h2,8,12,24H,3-7,10H2,1H3,(H,21,23). The number of halogens is 3. The van der Waals surface area contributed by atoms with Crippen molar-refractivity contribution >= 4 is 5.91 Å². The number of rotatable bonds is 4. The van der Waals surface area contributed by atoms with Crippen molar-refractivity contribution in [2.45, 2.75) is 31.2 Å². The van der Waals surface area contributed by atoms with Gasteiger partial charge in [-0.2, -0.15) is 18.4 Å². The third-order valence-corrected chi connectivity index (χ3v) is 4.10. The van der Waals surface area contributed by atoms with E-state index < -0.39 is 34.9 Å². The van der Waals surface area contributed by atoms with Gasteiger partial charge in [-0.25, -0.2) is 0 Å². The number of carbonyl (C=O) groups is 1. The first-order chi connectivity index (χ1) is 11.6. The van der Waals surface area contributed by atoms with Gasteiger partial charge in [0, 0.05) is 19.6 Å². The first kappa shape index (κ1) is 19.4. The van der Waals surface area contributed by atoms with Crippen LogP contribution in [0.15, 0.2) is 23.3 Å². The molecule has 1 amide bonds. The fraction of sp³-hybridized carbons (Fsp3) is 0.625. The Morgan fingerprint density at radius 1 is 1.48 bits per heavy atom. The second-order valence-corrected chi connectivity index (χ2v) is 6.29. The highest BCUT2D eigenvalue weighted by Gasteiger charge is 2.39. The Bertz CT molecular complexity index is 614. The lowest BCUT2D eigenvalue weighted by Gasteiger charge is -2.33. The van der Waals surface area contributed by atoms with Crippen molar-refractivity contribution in [3.63, 3.8) is 0 Å². The molecule has 0 spiro atoms. The number of aliphatic hydroxyl groups is 1. The first-order valence-electron chi connectivity index (χ1n) is 7.86. The summed E-state index contributed by atoms with van der Waals surface area (Å²) >= 11 is 0. The van der Waals surface area contributed by atoms with Crippen LogP contribution >= 0.6 is 0 Å². The fourth-order valence-electron chi connectivity index (χ4n) is 2.76. The largest absolute Gasteiger partial charge is 0.417 e. The molecule has 0 radical (unpaired) electrons. The summed E-state index contributed by atoms with van der Waals surface area (Å²) in [6.45, 7) is 3.52. The monoisotopic (exact) mass is 359 g/mol. The van der Waals surface area contributed by atoms with Gasteiger partial charge in [-0.1, -0.05) is 6.08 Å². The molecule has 1 saturated heterocycles. The number of hydrogen-bond acceptors (Lipinski definition) is 5. The molecule has 2 N–H and O–H groups in total. The Morgan fingerprint density at radius 2 is 2.12 bits per heavy atom. The van der Waals surface area contributed by atoms with Gasteiger partial charge in [0.15, 0.2) is 5.60 Å². The zero-order valence-corrected chi connectivity index (χ0v) is 13.8. The van der Waals surface area contributed by atoms with E-state index in [4.69, 9.17) is 10.00 Å². The molecule has 1 aliphatic heterocycles. The van der Waals surface area contributed by atoms with E-state index in [9.17, 15) is 23.1 Å². The second kappa shape index (κ2) is 7.56. The molecule has 0 aromatic carbocycles. The molecule has 138 valence electrons. The van der Waals surface area contributed by atoms with Crippen molar-refractivity contribution in [1.82, 2.24) is 10.2 Å². The third kappa shape index (κ3) is 5.04. The summed E-state index contributed by atoms with van der Waals surface area (Å²) in [7, 11) is 0. The number of amides is 1. The summed E-state index contributed by atoms with van der Waals surface area (Å²) in [6, 6.07) is 0.578. The van der Waals surface area contributed by atoms with E-state index in [2.05, 4.69) is 5.32 Å². The van der Waals surface area contributed by atoms with Crippen LogP contribution in [-0.4, -0.2) is 66.6 Å². The molecule has 0 bridgehead atoms. The van der Waals surface area contributed by atoms with Gasteiger partial charge in [-0.15, -0.1) is 0 Å². The third-order valence-electron chi connectivity index (χ3n) is 4.10. The molecule has 0 saturated carbocycles. The van der Waals surface area contributed by atoms with Gasteiger partial charge in [0.05, 0.1) is 36.5 Å². The Morgan fingerprint density at radius 3 is 2.68 bits per heavy atom. The number of hydrogen-bond donors (Lipinski definition) is 2. The predicted molar refractivity (Wildman–Crippen MR) is 82.3 cm³/mol. The van der Waals surface area contributed by atoms with Crippen molar-refractivity contribution < 1.29 is 27.8 Å². The first-order valence-corrected chi connectivity index (χ1v) is 7.86. The summed E-state index contributed by atoms with van der Waals surface area (Å²) in [5.41, 5.74) is -3.28. The summed E-state index contributed by atoms with van der Waals surface area (Å²) in [5.74, 6) is -0.754. The van der Waals surface area contributed by atoms with Crippen molar-refractivity contribution in [2.75, 3.05) is 32.8 Å². The van der Waals surface area contributed by atoms with Crippen LogP contribution in [-0.2, 0) is 9.53 Å². The maximum atomic E-state index is 13.0. The van der Waals surface area contributed by atoms with Crippen molar-refractivity contribution in [2.24, 2.45) is 0 Å². The summed E-state index contributed by atoms with van der Waals surface area (Å²) < 4.78 is 44.2. The van der Waals surface area contributed by atoms with Gasteiger partial charge in [-0.05, 0) is 19.4 Å². The zero-order valence-electron chi connectivity index (χ0n) is 13.8. The Labute approximate surface area is 143 Å². The molecule has 0 aromatic rings. The van der Waals surface area contributed by atoms with Crippen LogP contribution in [0.4, 0.5) is 13.2 Å². The predicted octanol–water partition coefficient (Wildman–Crippen LogP) is 0.897. The van der Waals surface area contributed by atoms with Crippen LogP contribution in [0.3, 0.4) is 0 Å². The van der Waals surface area contributed by atoms with E-state index in [1.54, 1.807) is 0 Å². The molecule has 1 aliphatic carbocycles. The van der Waals surface area contributed by atoms with Gasteiger partial charge in [0.2, 0.25) is 0 Å². The number of nitrogens with zero attached hydrogens (tertiary/aromatic N) is 2. The summed E-state index contributed by atoms with van der Waals surface area (Å²) in [5, 5.41) is 21.6. The minimum absolute atomic E-state index is 0.0574. The van der Waals surface area contributed by atoms with Gasteiger partial charge < -0.3 is 15.2 Å². The minimum atomic E-state index is -4.68. The Hall–Kier alpha value is -1.89. The van der Waals surface area contributed by atoms with E-state index in [1.165, 1.54) is 13.0 Å². The molecule has 9 heteroatoms. The van der Waals surface area contributed by atoms with Gasteiger partial charge in [0.1, 0.15) is 0 Å². The van der Waals surface area contributed by atoms with Crippen LogP contribution < -0.4 is 5.32 Å². The number of β-amino-alcohol motifs (C(OH)–C–C–N with tert-alkyl or cyclic N) is 1. The lowest BCUT2D eigenvalue weighted by Crippen LogP contribution is -2.55. The zero-order chi connectivity index (χ0) is 18.7. The molecule has 2 unspecified atom stereocenters. The van der Waals surface area contributed by atoms with E-state index in [0.29, 0.717) is 26.3 Å². The average Bonchev–Trinajstić information content (AvgIpc) is 2.54. The van der Waals surface area contributed by atoms with Gasteiger partial charge >= 0.3 is 6.18 Å². The van der Waals surface area contributed by atoms with Crippen LogP contribution in [0.25, 0.3) is 0 Å². The summed E-state index contributed by atoms with van der Waals surface area (Å²) in [6.07, 6.45) is -2.66. The fourth-order valence-corrected chi connectivity index (χ4v) is 2.76. The number of allylic oxidation sites excluding steroid dienone is 2. The topological polar surface area (TPSA) is 85.6 Å². The molecule has 2 atom stereocenters. The Kier molecular flexibility index (Phi) is 5.87. The average molecular weight is 359 g/mol. The van der Waals surface area contributed by atoms with Gasteiger partial charge in [0.25, 0.3) is 5.91 Å². The number of nitrogens with one attached hydrogen (secondary N) is 1. The van der Waals surface area contributed by atoms with Crippen molar-refractivity contribution in [3.8, 4) is 6.07 Å². The number of carbonyl (C=O) groups excluding carboxylic acids is 1. The molecule has 25 heavy (non-hydrogen) atoms. The highest BCUT2D eigenvalue weighted by atomic mass is 19.4. The number of ether oxygens (including phenoxy) is 1. The van der Waals surface area contributed by atoms with Crippen LogP contribution in [0.2, 0.25) is 0 Å². The molecule has 0 aromatic heterocycles. The molecular formula is C16H20F3N3O3. The highest BCUT2D eigenvalue weighted by molar-refractivity contribution is 5.85. The molecule has 1 fully saturated rings. The lowest BCUT2D eigenvalue weighted by molar-refractivity contribution is -0.141. The van der Waals surface area contributed by atoms with Crippen molar-refractivity contribution in [3.05, 3.63) is 23.3 Å². The molecule has 2 aliphatic rings. The maximum Gasteiger partial charge on any atom is 0.417 e. The highest BCUT2D eigenvalue weighted by Crippen LogP contribution is 2.34. The van der Waals surface area contributed by atoms with Crippen molar-refractivity contribution in [1.29, 1.82) is 5.26 Å².